The fourth-order valence-electron chi connectivity index (χ4n) is 3.52. The van der Waals surface area contributed by atoms with Crippen LogP contribution < -0.4 is 11.1 Å². The molecule has 1 heterocycles. The molecule has 1 aliphatic carbocycles. The van der Waals surface area contributed by atoms with Crippen LogP contribution in [-0.2, 0) is 14.3 Å². The van der Waals surface area contributed by atoms with Gasteiger partial charge < -0.3 is 15.8 Å². The number of ketones is 1. The van der Waals surface area contributed by atoms with Crippen molar-refractivity contribution in [2.24, 2.45) is 23.5 Å². The normalized spacial score (nSPS) is 30.4. The second kappa shape index (κ2) is 7.29. The van der Waals surface area contributed by atoms with Gasteiger partial charge in [-0.25, -0.2) is 13.2 Å². The number of hydrogen-bond acceptors (Lipinski definition) is 4. The van der Waals surface area contributed by atoms with Crippen molar-refractivity contribution in [3.63, 3.8) is 0 Å². The molecule has 1 aliphatic heterocycles. The van der Waals surface area contributed by atoms with Crippen LogP contribution >= 0.6 is 0 Å². The van der Waals surface area contributed by atoms with Crippen LogP contribution in [0, 0.1) is 17.8 Å². The summed E-state index contributed by atoms with van der Waals surface area (Å²) < 4.78 is 48.8. The lowest BCUT2D eigenvalue weighted by Gasteiger charge is -2.37. The van der Waals surface area contributed by atoms with Gasteiger partial charge in [0.05, 0.1) is 5.57 Å². The maximum atomic E-state index is 15.1. The van der Waals surface area contributed by atoms with E-state index in [0.29, 0.717) is 19.5 Å². The fourth-order valence-corrected chi connectivity index (χ4v) is 3.52. The van der Waals surface area contributed by atoms with Gasteiger partial charge in [-0.2, -0.15) is 0 Å². The average molecular weight is 360 g/mol. The van der Waals surface area contributed by atoms with Crippen molar-refractivity contribution >= 4 is 11.7 Å². The molecule has 5 nitrogen and oxygen atoms in total. The van der Waals surface area contributed by atoms with Gasteiger partial charge in [0.1, 0.15) is 5.92 Å². The molecule has 3 unspecified atom stereocenters. The zero-order valence-electron chi connectivity index (χ0n) is 14.5. The predicted molar refractivity (Wildman–Crippen MR) is 85.2 cm³/mol. The highest BCUT2D eigenvalue weighted by atomic mass is 19.2. The zero-order valence-corrected chi connectivity index (χ0v) is 14.5. The molecule has 0 spiro atoms. The van der Waals surface area contributed by atoms with Crippen molar-refractivity contribution in [3.05, 3.63) is 22.8 Å². The van der Waals surface area contributed by atoms with E-state index in [9.17, 15) is 18.4 Å². The number of nitrogens with two attached hydrogens (primary N) is 1. The van der Waals surface area contributed by atoms with Crippen molar-refractivity contribution < 1.29 is 27.5 Å². The molecule has 0 bridgehead atoms. The third-order valence-electron chi connectivity index (χ3n) is 4.64. The summed E-state index contributed by atoms with van der Waals surface area (Å²) in [6, 6.07) is 0. The number of methoxy groups -OCH3 is 1. The Labute approximate surface area is 144 Å². The minimum absolute atomic E-state index is 0.0581. The molecular weight excluding hydrogens is 337 g/mol. The van der Waals surface area contributed by atoms with Gasteiger partial charge >= 0.3 is 0 Å². The number of halogens is 3. The Balaban J connectivity index is 2.72. The Kier molecular flexibility index (Phi) is 5.73. The molecule has 2 aliphatic rings. The second-order valence-electron chi connectivity index (χ2n) is 6.85. The number of alkyl halides is 1. The molecule has 0 aromatic rings. The third kappa shape index (κ3) is 3.37. The molecule has 0 aromatic carbocycles. The number of hydrogen-bond donors (Lipinski definition) is 2. The fraction of sp³-hybridized carbons (Fsp3) is 0.647. The van der Waals surface area contributed by atoms with E-state index in [1.807, 2.05) is 0 Å². The molecule has 1 fully saturated rings. The van der Waals surface area contributed by atoms with E-state index in [4.69, 9.17) is 5.73 Å². The van der Waals surface area contributed by atoms with Crippen LogP contribution in [0.2, 0.25) is 0 Å². The minimum Gasteiger partial charge on any atom is -0.369 e. The van der Waals surface area contributed by atoms with E-state index in [0.717, 1.165) is 7.11 Å². The van der Waals surface area contributed by atoms with Crippen LogP contribution in [0.1, 0.15) is 26.7 Å². The first-order valence-corrected chi connectivity index (χ1v) is 8.22. The van der Waals surface area contributed by atoms with Gasteiger partial charge in [0, 0.05) is 20.1 Å². The van der Waals surface area contributed by atoms with E-state index < -0.39 is 46.6 Å². The Hall–Kier alpha value is -1.67. The SMILES string of the molecule is COC1(F)C(F)=C(F)C(C(=O)CC(C)C)=C(C2CCNC2)C1C(N)=O. The number of allylic oxidation sites excluding steroid dienone is 2. The monoisotopic (exact) mass is 360 g/mol. The molecule has 25 heavy (non-hydrogen) atoms. The molecule has 2 rings (SSSR count). The van der Waals surface area contributed by atoms with Crippen molar-refractivity contribution in [1.82, 2.24) is 5.32 Å². The highest BCUT2D eigenvalue weighted by Gasteiger charge is 2.57. The van der Waals surface area contributed by atoms with E-state index in [-0.39, 0.29) is 17.9 Å². The lowest BCUT2D eigenvalue weighted by atomic mass is 9.73. The highest BCUT2D eigenvalue weighted by Crippen LogP contribution is 2.49. The van der Waals surface area contributed by atoms with E-state index in [1.54, 1.807) is 13.8 Å². The van der Waals surface area contributed by atoms with Crippen molar-refractivity contribution in [1.29, 1.82) is 0 Å². The lowest BCUT2D eigenvalue weighted by molar-refractivity contribution is -0.158. The molecule has 8 heteroatoms. The largest absolute Gasteiger partial charge is 0.369 e. The Morgan fingerprint density at radius 3 is 2.48 bits per heavy atom. The quantitative estimate of drug-likeness (QED) is 0.760. The number of nitrogens with one attached hydrogen (secondary N) is 1. The number of ether oxygens (including phenoxy) is 1. The maximum Gasteiger partial charge on any atom is 0.280 e. The average Bonchev–Trinajstić information content (AvgIpc) is 3.05. The van der Waals surface area contributed by atoms with E-state index >= 15 is 4.39 Å². The van der Waals surface area contributed by atoms with Crippen LogP contribution in [0.3, 0.4) is 0 Å². The van der Waals surface area contributed by atoms with Gasteiger partial charge in [-0.15, -0.1) is 0 Å². The minimum atomic E-state index is -3.35. The van der Waals surface area contributed by atoms with Crippen LogP contribution in [0.25, 0.3) is 0 Å². The number of carbonyl (C=O) groups is 2. The second-order valence-corrected chi connectivity index (χ2v) is 6.85. The highest BCUT2D eigenvalue weighted by molar-refractivity contribution is 6.02. The molecule has 0 radical (unpaired) electrons. The molecule has 0 aromatic heterocycles. The molecule has 1 saturated heterocycles. The molecule has 3 N–H and O–H groups in total. The Morgan fingerprint density at radius 2 is 2.04 bits per heavy atom. The first kappa shape index (κ1) is 19.7. The van der Waals surface area contributed by atoms with Crippen LogP contribution in [0.15, 0.2) is 22.8 Å². The first-order chi connectivity index (χ1) is 11.6. The summed E-state index contributed by atoms with van der Waals surface area (Å²) in [5, 5.41) is 3.01. The summed E-state index contributed by atoms with van der Waals surface area (Å²) in [6.45, 7) is 4.35. The molecule has 1 amide bonds. The van der Waals surface area contributed by atoms with Gasteiger partial charge in [-0.05, 0) is 30.4 Å². The molecule has 3 atom stereocenters. The third-order valence-corrected chi connectivity index (χ3v) is 4.64. The number of carbonyl (C=O) groups excluding carboxylic acids is 2. The lowest BCUT2D eigenvalue weighted by Crippen LogP contribution is -2.49. The maximum absolute atomic E-state index is 15.1. The number of Topliss-reactive ketones (excluding diaryl/α,β-unsaturated/α-hetero) is 1. The standard InChI is InChI=1S/C17H23F3N2O3/c1-8(2)6-10(23)12-11(9-4-5-22-7-9)13(16(21)24)17(20,25-3)15(19)14(12)18/h8-9,13,22H,4-7H2,1-3H3,(H2,21,24). The number of rotatable bonds is 6. The Morgan fingerprint density at radius 1 is 1.40 bits per heavy atom. The summed E-state index contributed by atoms with van der Waals surface area (Å²) in [4.78, 5) is 24.5. The van der Waals surface area contributed by atoms with Gasteiger partial charge in [0.25, 0.3) is 5.85 Å². The van der Waals surface area contributed by atoms with Gasteiger partial charge in [0.2, 0.25) is 11.7 Å². The van der Waals surface area contributed by atoms with Gasteiger partial charge in [-0.3, -0.25) is 9.59 Å². The van der Waals surface area contributed by atoms with Crippen LogP contribution in [-0.4, -0.2) is 37.7 Å². The van der Waals surface area contributed by atoms with Gasteiger partial charge in [-0.1, -0.05) is 13.8 Å². The summed E-state index contributed by atoms with van der Waals surface area (Å²) in [5.41, 5.74) is 4.64. The topological polar surface area (TPSA) is 81.4 Å². The molecule has 0 saturated carbocycles. The Bertz CT molecular complexity index is 639. The summed E-state index contributed by atoms with van der Waals surface area (Å²) in [5.74, 6) is -11.3. The zero-order chi connectivity index (χ0) is 18.9. The summed E-state index contributed by atoms with van der Waals surface area (Å²) >= 11 is 0. The number of amides is 1. The van der Waals surface area contributed by atoms with Crippen molar-refractivity contribution in [3.8, 4) is 0 Å². The molecule has 140 valence electrons. The van der Waals surface area contributed by atoms with Crippen molar-refractivity contribution in [2.45, 2.75) is 32.5 Å². The number of primary amides is 1. The smallest absolute Gasteiger partial charge is 0.280 e. The van der Waals surface area contributed by atoms with Crippen molar-refractivity contribution in [2.75, 3.05) is 20.2 Å². The first-order valence-electron chi connectivity index (χ1n) is 8.22. The molecular formula is C17H23F3N2O3. The van der Waals surface area contributed by atoms with Crippen LogP contribution in [0.5, 0.6) is 0 Å². The van der Waals surface area contributed by atoms with E-state index in [1.165, 1.54) is 0 Å². The van der Waals surface area contributed by atoms with E-state index in [2.05, 4.69) is 10.1 Å². The summed E-state index contributed by atoms with van der Waals surface area (Å²) in [6.07, 6.45) is 0.393. The predicted octanol–water partition coefficient (Wildman–Crippen LogP) is 2.09. The van der Waals surface area contributed by atoms with Crippen LogP contribution in [0.4, 0.5) is 13.2 Å². The summed E-state index contributed by atoms with van der Waals surface area (Å²) in [7, 11) is 0.828. The van der Waals surface area contributed by atoms with Gasteiger partial charge in [0.15, 0.2) is 11.6 Å².